The van der Waals surface area contributed by atoms with E-state index in [1.54, 1.807) is 0 Å². The molecule has 0 aliphatic heterocycles. The number of Topliss-reactive ketones (excluding diaryl/α,β-unsaturated/α-hetero) is 1. The maximum Gasteiger partial charge on any atom is 0.302 e. The lowest BCUT2D eigenvalue weighted by molar-refractivity contribution is -0.265. The Kier molecular flexibility index (Phi) is 4.39. The van der Waals surface area contributed by atoms with Crippen LogP contribution in [0.2, 0.25) is 0 Å². The predicted octanol–water partition coefficient (Wildman–Crippen LogP) is 1.61. The van der Waals surface area contributed by atoms with Crippen LogP contribution in [-0.2, 0) is 14.3 Å². The van der Waals surface area contributed by atoms with Gasteiger partial charge in [-0.1, -0.05) is 26.8 Å². The highest BCUT2D eigenvalue weighted by atomic mass is 16.5. The second-order valence-electron chi connectivity index (χ2n) is 10.3. The van der Waals surface area contributed by atoms with Gasteiger partial charge in [0.15, 0.2) is 5.78 Å². The second-order valence-corrected chi connectivity index (χ2v) is 10.3. The molecule has 0 aromatic rings. The third kappa shape index (κ3) is 2.25. The van der Waals surface area contributed by atoms with E-state index in [1.807, 2.05) is 0 Å². The minimum atomic E-state index is -1.45. The summed E-state index contributed by atoms with van der Waals surface area (Å²) in [5, 5.41) is 33.7. The highest BCUT2D eigenvalue weighted by Crippen LogP contribution is 2.71. The Labute approximate surface area is 166 Å². The molecular formula is C22H32O6. The van der Waals surface area contributed by atoms with Gasteiger partial charge in [0, 0.05) is 24.2 Å². The first-order valence-corrected chi connectivity index (χ1v) is 10.4. The third-order valence-electron chi connectivity index (χ3n) is 8.67. The van der Waals surface area contributed by atoms with Crippen molar-refractivity contribution in [1.29, 1.82) is 0 Å². The molecule has 4 fully saturated rings. The van der Waals surface area contributed by atoms with Crippen molar-refractivity contribution in [3.8, 4) is 0 Å². The number of ether oxygens (including phenoxy) is 1. The van der Waals surface area contributed by atoms with Crippen molar-refractivity contribution in [1.82, 2.24) is 0 Å². The number of carbonyl (C=O) groups excluding carboxylic acids is 2. The van der Waals surface area contributed by atoms with Crippen molar-refractivity contribution >= 4 is 11.8 Å². The van der Waals surface area contributed by atoms with Gasteiger partial charge < -0.3 is 20.1 Å². The Morgan fingerprint density at radius 2 is 1.89 bits per heavy atom. The lowest BCUT2D eigenvalue weighted by Crippen LogP contribution is -2.71. The Morgan fingerprint density at radius 3 is 2.54 bits per heavy atom. The van der Waals surface area contributed by atoms with Crippen LogP contribution in [0.3, 0.4) is 0 Å². The predicted molar refractivity (Wildman–Crippen MR) is 101 cm³/mol. The average Bonchev–Trinajstić information content (AvgIpc) is 2.72. The van der Waals surface area contributed by atoms with Gasteiger partial charge in [0.2, 0.25) is 0 Å². The molecule has 0 saturated heterocycles. The number of esters is 1. The normalized spacial score (nSPS) is 49.4. The molecule has 6 nitrogen and oxygen atoms in total. The van der Waals surface area contributed by atoms with E-state index >= 15 is 0 Å². The molecule has 28 heavy (non-hydrogen) atoms. The molecule has 0 aromatic heterocycles. The summed E-state index contributed by atoms with van der Waals surface area (Å²) in [6.07, 6.45) is 0.170. The maximum absolute atomic E-state index is 13.4. The summed E-state index contributed by atoms with van der Waals surface area (Å²) in [5.74, 6) is -1.93. The first-order valence-electron chi connectivity index (χ1n) is 10.4. The van der Waals surface area contributed by atoms with Gasteiger partial charge in [-0.2, -0.15) is 0 Å². The van der Waals surface area contributed by atoms with Gasteiger partial charge in [0.25, 0.3) is 0 Å². The molecule has 0 heterocycles. The van der Waals surface area contributed by atoms with Gasteiger partial charge in [-0.3, -0.25) is 9.59 Å². The summed E-state index contributed by atoms with van der Waals surface area (Å²) in [6, 6.07) is 0. The number of carbonyl (C=O) groups is 2. The smallest absolute Gasteiger partial charge is 0.302 e. The fourth-order valence-corrected chi connectivity index (χ4v) is 7.67. The van der Waals surface area contributed by atoms with Crippen molar-refractivity contribution < 1.29 is 29.6 Å². The van der Waals surface area contributed by atoms with Crippen molar-refractivity contribution in [3.63, 3.8) is 0 Å². The van der Waals surface area contributed by atoms with Crippen LogP contribution in [0.5, 0.6) is 0 Å². The first-order chi connectivity index (χ1) is 13.0. The number of hydrogen-bond donors (Lipinski definition) is 3. The van der Waals surface area contributed by atoms with Crippen molar-refractivity contribution in [2.75, 3.05) is 6.61 Å². The molecule has 6 heteroatoms. The molecule has 156 valence electrons. The molecule has 4 rings (SSSR count). The van der Waals surface area contributed by atoms with Gasteiger partial charge in [-0.25, -0.2) is 0 Å². The summed E-state index contributed by atoms with van der Waals surface area (Å²) >= 11 is 0. The molecule has 3 N–H and O–H groups in total. The van der Waals surface area contributed by atoms with Gasteiger partial charge in [0.05, 0.1) is 30.3 Å². The van der Waals surface area contributed by atoms with E-state index in [0.717, 1.165) is 12.8 Å². The van der Waals surface area contributed by atoms with Crippen LogP contribution < -0.4 is 0 Å². The molecule has 0 aromatic carbocycles. The largest absolute Gasteiger partial charge is 0.465 e. The fraction of sp³-hybridized carbons (Fsp3) is 0.818. The third-order valence-corrected chi connectivity index (χ3v) is 8.67. The molecule has 4 aliphatic rings. The zero-order chi connectivity index (χ0) is 20.6. The highest BCUT2D eigenvalue weighted by Gasteiger charge is 2.77. The number of aliphatic hydroxyl groups excluding tert-OH is 3. The Hall–Kier alpha value is -1.24. The van der Waals surface area contributed by atoms with Gasteiger partial charge in [-0.05, 0) is 42.6 Å². The van der Waals surface area contributed by atoms with Crippen LogP contribution in [-0.4, -0.2) is 52.0 Å². The molecule has 0 radical (unpaired) electrons. The van der Waals surface area contributed by atoms with Crippen molar-refractivity contribution in [2.45, 2.75) is 71.2 Å². The number of hydrogen-bond acceptors (Lipinski definition) is 6. The average molecular weight is 392 g/mol. The molecule has 1 spiro atoms. The lowest BCUT2D eigenvalue weighted by atomic mass is 9.39. The Balaban J connectivity index is 1.92. The standard InChI is InChI=1S/C22H32O6/c1-11-13-8-14(24)17-21(10-28-12(2)23)7-5-6-20(3,4)15(21)9-16(25)22(17,18(11)26)19(13)27/h13-17,19,24-25,27H,1,5-10H2,2-4H3/t13-,14+,15-,16-,17+,19-,21+,22-/m1/s1. The van der Waals surface area contributed by atoms with Crippen LogP contribution in [0.1, 0.15) is 52.9 Å². The van der Waals surface area contributed by atoms with Crippen LogP contribution in [0.15, 0.2) is 12.2 Å². The quantitative estimate of drug-likeness (QED) is 0.487. The van der Waals surface area contributed by atoms with Gasteiger partial charge in [0.1, 0.15) is 0 Å². The van der Waals surface area contributed by atoms with Crippen molar-refractivity contribution in [3.05, 3.63) is 12.2 Å². The zero-order valence-corrected chi connectivity index (χ0v) is 17.0. The number of fused-ring (bicyclic) bond motifs is 3. The molecule has 0 unspecified atom stereocenters. The SMILES string of the molecule is C=C1C(=O)[C@@]23[C@H](O)C[C@@H]4C(C)(C)CCC[C@@]4(COC(C)=O)[C@@H]2[C@@H](O)C[C@H]1[C@H]3O. The summed E-state index contributed by atoms with van der Waals surface area (Å²) in [6.45, 7) is 9.65. The van der Waals surface area contributed by atoms with Gasteiger partial charge >= 0.3 is 5.97 Å². The Morgan fingerprint density at radius 1 is 1.21 bits per heavy atom. The number of aliphatic hydroxyl groups is 3. The van der Waals surface area contributed by atoms with Gasteiger partial charge in [-0.15, -0.1) is 0 Å². The maximum atomic E-state index is 13.4. The molecular weight excluding hydrogens is 360 g/mol. The van der Waals surface area contributed by atoms with Crippen LogP contribution >= 0.6 is 0 Å². The molecule has 8 atom stereocenters. The first kappa shape index (κ1) is 20.0. The van der Waals surface area contributed by atoms with Crippen LogP contribution in [0, 0.1) is 34.0 Å². The van der Waals surface area contributed by atoms with Crippen LogP contribution in [0.25, 0.3) is 0 Å². The number of ketones is 1. The van der Waals surface area contributed by atoms with E-state index in [9.17, 15) is 24.9 Å². The zero-order valence-electron chi connectivity index (χ0n) is 17.0. The molecule has 4 saturated carbocycles. The molecule has 2 bridgehead atoms. The van der Waals surface area contributed by atoms with E-state index in [4.69, 9.17) is 4.74 Å². The van der Waals surface area contributed by atoms with E-state index in [2.05, 4.69) is 20.4 Å². The number of rotatable bonds is 2. The van der Waals surface area contributed by atoms with E-state index < -0.39 is 46.9 Å². The summed E-state index contributed by atoms with van der Waals surface area (Å²) < 4.78 is 5.52. The summed E-state index contributed by atoms with van der Waals surface area (Å²) in [5.41, 5.74) is -1.94. The minimum absolute atomic E-state index is 0.0289. The highest BCUT2D eigenvalue weighted by molar-refractivity contribution is 6.04. The second kappa shape index (κ2) is 6.13. The van der Waals surface area contributed by atoms with E-state index in [1.165, 1.54) is 6.92 Å². The van der Waals surface area contributed by atoms with Crippen LogP contribution in [0.4, 0.5) is 0 Å². The summed E-state index contributed by atoms with van der Waals surface area (Å²) in [4.78, 5) is 25.1. The fourth-order valence-electron chi connectivity index (χ4n) is 7.67. The van der Waals surface area contributed by atoms with Crippen molar-refractivity contribution in [2.24, 2.45) is 34.0 Å². The van der Waals surface area contributed by atoms with E-state index in [0.29, 0.717) is 18.4 Å². The van der Waals surface area contributed by atoms with E-state index in [-0.39, 0.29) is 30.1 Å². The minimum Gasteiger partial charge on any atom is -0.465 e. The molecule has 4 aliphatic carbocycles. The lowest BCUT2D eigenvalue weighted by Gasteiger charge is -2.66. The monoisotopic (exact) mass is 392 g/mol. The molecule has 0 amide bonds. The Bertz CT molecular complexity index is 729. The topological polar surface area (TPSA) is 104 Å². The summed E-state index contributed by atoms with van der Waals surface area (Å²) in [7, 11) is 0.